The SMILES string of the molecule is Cc1nnc(-c2[nH]ncc2Br)s1. The fourth-order valence-electron chi connectivity index (χ4n) is 0.819. The van der Waals surface area contributed by atoms with Gasteiger partial charge in [-0.05, 0) is 22.9 Å². The van der Waals surface area contributed by atoms with E-state index in [1.54, 1.807) is 6.20 Å². The van der Waals surface area contributed by atoms with Crippen molar-refractivity contribution in [2.75, 3.05) is 0 Å². The Morgan fingerprint density at radius 3 is 2.83 bits per heavy atom. The number of halogens is 1. The van der Waals surface area contributed by atoms with E-state index in [0.717, 1.165) is 20.2 Å². The topological polar surface area (TPSA) is 54.5 Å². The molecule has 2 aromatic rings. The van der Waals surface area contributed by atoms with Crippen LogP contribution in [0.2, 0.25) is 0 Å². The van der Waals surface area contributed by atoms with Crippen molar-refractivity contribution in [3.63, 3.8) is 0 Å². The van der Waals surface area contributed by atoms with Gasteiger partial charge in [0, 0.05) is 0 Å². The van der Waals surface area contributed by atoms with E-state index in [9.17, 15) is 0 Å². The summed E-state index contributed by atoms with van der Waals surface area (Å²) in [4.78, 5) is 0. The van der Waals surface area contributed by atoms with E-state index in [4.69, 9.17) is 0 Å². The van der Waals surface area contributed by atoms with Crippen molar-refractivity contribution in [3.8, 4) is 10.7 Å². The van der Waals surface area contributed by atoms with Gasteiger partial charge in [0.1, 0.15) is 10.7 Å². The quantitative estimate of drug-likeness (QED) is 0.835. The van der Waals surface area contributed by atoms with Crippen molar-refractivity contribution in [2.45, 2.75) is 6.92 Å². The number of H-pyrrole nitrogens is 1. The van der Waals surface area contributed by atoms with Crippen LogP contribution in [0.5, 0.6) is 0 Å². The third-order valence-electron chi connectivity index (χ3n) is 1.33. The zero-order chi connectivity index (χ0) is 8.55. The molecule has 0 atom stereocenters. The van der Waals surface area contributed by atoms with E-state index in [2.05, 4.69) is 36.3 Å². The third-order valence-corrected chi connectivity index (χ3v) is 2.79. The first kappa shape index (κ1) is 7.88. The molecular formula is C6H5BrN4S. The molecule has 0 fully saturated rings. The normalized spacial score (nSPS) is 10.5. The van der Waals surface area contributed by atoms with Crippen molar-refractivity contribution in [2.24, 2.45) is 0 Å². The maximum absolute atomic E-state index is 3.99. The van der Waals surface area contributed by atoms with Gasteiger partial charge in [-0.1, -0.05) is 11.3 Å². The van der Waals surface area contributed by atoms with Gasteiger partial charge in [0.2, 0.25) is 0 Å². The largest absolute Gasteiger partial charge is 0.274 e. The molecule has 0 aromatic carbocycles. The summed E-state index contributed by atoms with van der Waals surface area (Å²) < 4.78 is 0.915. The summed E-state index contributed by atoms with van der Waals surface area (Å²) in [5.74, 6) is 0. The molecule has 4 nitrogen and oxygen atoms in total. The summed E-state index contributed by atoms with van der Waals surface area (Å²) in [7, 11) is 0. The second kappa shape index (κ2) is 2.95. The molecular weight excluding hydrogens is 240 g/mol. The zero-order valence-electron chi connectivity index (χ0n) is 6.21. The average Bonchev–Trinajstić information content (AvgIpc) is 2.58. The van der Waals surface area contributed by atoms with E-state index in [1.165, 1.54) is 11.3 Å². The first-order valence-electron chi connectivity index (χ1n) is 3.26. The molecule has 0 unspecified atom stereocenters. The van der Waals surface area contributed by atoms with Crippen LogP contribution in [-0.4, -0.2) is 20.4 Å². The molecule has 62 valence electrons. The molecule has 6 heteroatoms. The van der Waals surface area contributed by atoms with E-state index >= 15 is 0 Å². The summed E-state index contributed by atoms with van der Waals surface area (Å²) in [6.07, 6.45) is 1.70. The molecule has 12 heavy (non-hydrogen) atoms. The monoisotopic (exact) mass is 244 g/mol. The van der Waals surface area contributed by atoms with Gasteiger partial charge >= 0.3 is 0 Å². The van der Waals surface area contributed by atoms with Crippen molar-refractivity contribution < 1.29 is 0 Å². The Morgan fingerprint density at radius 1 is 1.50 bits per heavy atom. The number of hydrogen-bond donors (Lipinski definition) is 1. The Bertz CT molecular complexity index is 394. The third kappa shape index (κ3) is 1.27. The van der Waals surface area contributed by atoms with Crippen LogP contribution in [-0.2, 0) is 0 Å². The number of aromatic amines is 1. The molecule has 1 N–H and O–H groups in total. The highest BCUT2D eigenvalue weighted by Crippen LogP contribution is 2.27. The Hall–Kier alpha value is -0.750. The number of aromatic nitrogens is 4. The van der Waals surface area contributed by atoms with Crippen molar-refractivity contribution in [3.05, 3.63) is 15.7 Å². The van der Waals surface area contributed by atoms with Crippen molar-refractivity contribution >= 4 is 27.3 Å². The number of nitrogens with zero attached hydrogens (tertiary/aromatic N) is 3. The first-order valence-corrected chi connectivity index (χ1v) is 4.87. The highest BCUT2D eigenvalue weighted by molar-refractivity contribution is 9.10. The van der Waals surface area contributed by atoms with Gasteiger partial charge in [0.15, 0.2) is 5.01 Å². The standard InChI is InChI=1S/C6H5BrN4S/c1-3-9-11-6(12-3)5-4(7)2-8-10-5/h2H,1H3,(H,8,10). The summed E-state index contributed by atoms with van der Waals surface area (Å²) in [5.41, 5.74) is 0.889. The van der Waals surface area contributed by atoms with Crippen LogP contribution >= 0.6 is 27.3 Å². The van der Waals surface area contributed by atoms with Gasteiger partial charge in [-0.3, -0.25) is 5.10 Å². The highest BCUT2D eigenvalue weighted by atomic mass is 79.9. The average molecular weight is 245 g/mol. The second-order valence-corrected chi connectivity index (χ2v) is 4.26. The zero-order valence-corrected chi connectivity index (χ0v) is 8.61. The van der Waals surface area contributed by atoms with Crippen LogP contribution in [0, 0.1) is 6.92 Å². The maximum Gasteiger partial charge on any atom is 0.166 e. The Kier molecular flexibility index (Phi) is 1.93. The predicted octanol–water partition coefficient (Wildman–Crippen LogP) is 2.00. The predicted molar refractivity (Wildman–Crippen MR) is 49.9 cm³/mol. The van der Waals surface area contributed by atoms with Crippen LogP contribution in [0.15, 0.2) is 10.7 Å². The van der Waals surface area contributed by atoms with E-state index in [-0.39, 0.29) is 0 Å². The molecule has 0 bridgehead atoms. The molecule has 2 heterocycles. The van der Waals surface area contributed by atoms with Crippen LogP contribution < -0.4 is 0 Å². The van der Waals surface area contributed by atoms with Crippen molar-refractivity contribution in [1.29, 1.82) is 0 Å². The van der Waals surface area contributed by atoms with Crippen LogP contribution in [0.1, 0.15) is 5.01 Å². The number of rotatable bonds is 1. The highest BCUT2D eigenvalue weighted by Gasteiger charge is 2.09. The van der Waals surface area contributed by atoms with Crippen LogP contribution in [0.4, 0.5) is 0 Å². The van der Waals surface area contributed by atoms with Gasteiger partial charge in [-0.15, -0.1) is 10.2 Å². The molecule has 0 saturated heterocycles. The molecule has 0 spiro atoms. The minimum Gasteiger partial charge on any atom is -0.274 e. The number of aryl methyl sites for hydroxylation is 1. The van der Waals surface area contributed by atoms with Gasteiger partial charge < -0.3 is 0 Å². The van der Waals surface area contributed by atoms with E-state index in [1.807, 2.05) is 6.92 Å². The van der Waals surface area contributed by atoms with Gasteiger partial charge in [-0.25, -0.2) is 0 Å². The number of nitrogens with one attached hydrogen (secondary N) is 1. The maximum atomic E-state index is 3.99. The number of hydrogen-bond acceptors (Lipinski definition) is 4. The fourth-order valence-corrected chi connectivity index (χ4v) is 2.03. The summed E-state index contributed by atoms with van der Waals surface area (Å²) in [6.45, 7) is 1.92. The summed E-state index contributed by atoms with van der Waals surface area (Å²) >= 11 is 4.89. The Labute approximate surface area is 81.2 Å². The lowest BCUT2D eigenvalue weighted by atomic mass is 10.5. The molecule has 0 saturated carbocycles. The lowest BCUT2D eigenvalue weighted by Crippen LogP contribution is -1.77. The fraction of sp³-hybridized carbons (Fsp3) is 0.167. The Balaban J connectivity index is 2.50. The minimum atomic E-state index is 0.858. The first-order chi connectivity index (χ1) is 5.77. The minimum absolute atomic E-state index is 0.858. The molecule has 0 aliphatic heterocycles. The Morgan fingerprint density at radius 2 is 2.33 bits per heavy atom. The molecule has 0 aliphatic carbocycles. The molecule has 0 radical (unpaired) electrons. The molecule has 2 aromatic heterocycles. The lowest BCUT2D eigenvalue weighted by Gasteiger charge is -1.87. The van der Waals surface area contributed by atoms with Crippen LogP contribution in [0.3, 0.4) is 0 Å². The van der Waals surface area contributed by atoms with Gasteiger partial charge in [-0.2, -0.15) is 5.10 Å². The van der Waals surface area contributed by atoms with Gasteiger partial charge in [0.05, 0.1) is 10.7 Å². The molecule has 0 aliphatic rings. The second-order valence-electron chi connectivity index (χ2n) is 2.22. The molecule has 0 amide bonds. The smallest absolute Gasteiger partial charge is 0.166 e. The van der Waals surface area contributed by atoms with Gasteiger partial charge in [0.25, 0.3) is 0 Å². The summed E-state index contributed by atoms with van der Waals surface area (Å²) in [6, 6.07) is 0. The van der Waals surface area contributed by atoms with E-state index in [0.29, 0.717) is 0 Å². The van der Waals surface area contributed by atoms with Crippen LogP contribution in [0.25, 0.3) is 10.7 Å². The lowest BCUT2D eigenvalue weighted by molar-refractivity contribution is 1.03. The van der Waals surface area contributed by atoms with Crippen molar-refractivity contribution in [1.82, 2.24) is 20.4 Å². The van der Waals surface area contributed by atoms with E-state index < -0.39 is 0 Å². The summed E-state index contributed by atoms with van der Waals surface area (Å²) in [5, 5.41) is 16.4. The molecule has 2 rings (SSSR count).